The Labute approximate surface area is 76.0 Å². The summed E-state index contributed by atoms with van der Waals surface area (Å²) >= 11 is 0. The maximum atomic E-state index is 11.4. The molecule has 0 aliphatic rings. The van der Waals surface area contributed by atoms with Crippen LogP contribution in [0.3, 0.4) is 0 Å². The van der Waals surface area contributed by atoms with Gasteiger partial charge in [0, 0.05) is 17.5 Å². The molecule has 1 amide bonds. The molecule has 5 heteroatoms. The molecule has 1 aromatic rings. The number of nitrogens with two attached hydrogens (primary N) is 1. The molecule has 13 heavy (non-hydrogen) atoms. The molecule has 0 bridgehead atoms. The Morgan fingerprint density at radius 2 is 2.38 bits per heavy atom. The lowest BCUT2D eigenvalue weighted by Gasteiger charge is -2.12. The largest absolute Gasteiger partial charge is 0.292 e. The van der Waals surface area contributed by atoms with Gasteiger partial charge in [0.2, 0.25) is 0 Å². The van der Waals surface area contributed by atoms with Crippen molar-refractivity contribution >= 4 is 5.91 Å². The van der Waals surface area contributed by atoms with Crippen LogP contribution in [-0.4, -0.2) is 23.2 Å². The second kappa shape index (κ2) is 3.97. The molecule has 0 aromatic carbocycles. The molecule has 0 fully saturated rings. The van der Waals surface area contributed by atoms with Crippen molar-refractivity contribution in [1.29, 1.82) is 0 Å². The van der Waals surface area contributed by atoms with E-state index in [4.69, 9.17) is 5.84 Å². The van der Waals surface area contributed by atoms with Gasteiger partial charge in [0.05, 0.1) is 7.11 Å². The molecule has 0 radical (unpaired) electrons. The lowest BCUT2D eigenvalue weighted by Crippen LogP contribution is -2.36. The summed E-state index contributed by atoms with van der Waals surface area (Å²) in [5.41, 5.74) is 1.22. The number of amides is 1. The lowest BCUT2D eigenvalue weighted by atomic mass is 10.2. The van der Waals surface area contributed by atoms with Gasteiger partial charge < -0.3 is 0 Å². The zero-order valence-electron chi connectivity index (χ0n) is 7.52. The minimum Gasteiger partial charge on any atom is -0.265 e. The normalized spacial score (nSPS) is 9.77. The number of aryl methyl sites for hydroxylation is 1. The zero-order chi connectivity index (χ0) is 9.84. The van der Waals surface area contributed by atoms with Crippen molar-refractivity contribution in [3.63, 3.8) is 0 Å². The van der Waals surface area contributed by atoms with E-state index >= 15 is 0 Å². The first-order valence-corrected chi connectivity index (χ1v) is 3.71. The second-order valence-electron chi connectivity index (χ2n) is 2.50. The molecule has 2 N–H and O–H groups in total. The third kappa shape index (κ3) is 2.24. The van der Waals surface area contributed by atoms with Crippen molar-refractivity contribution in [2.45, 2.75) is 6.92 Å². The number of carbonyl (C=O) groups is 1. The molecule has 0 atom stereocenters. The van der Waals surface area contributed by atoms with Gasteiger partial charge in [0.15, 0.2) is 0 Å². The highest BCUT2D eigenvalue weighted by atomic mass is 16.7. The summed E-state index contributed by atoms with van der Waals surface area (Å²) in [4.78, 5) is 19.9. The van der Waals surface area contributed by atoms with Crippen molar-refractivity contribution in [3.8, 4) is 0 Å². The van der Waals surface area contributed by atoms with Crippen LogP contribution in [-0.2, 0) is 4.84 Å². The van der Waals surface area contributed by atoms with Gasteiger partial charge in [-0.05, 0) is 19.1 Å². The summed E-state index contributed by atoms with van der Waals surface area (Å²) in [5.74, 6) is 4.84. The van der Waals surface area contributed by atoms with E-state index in [0.717, 1.165) is 5.69 Å². The van der Waals surface area contributed by atoms with Crippen LogP contribution < -0.4 is 5.84 Å². The number of hydrogen-bond donors (Lipinski definition) is 1. The Bertz CT molecular complexity index is 314. The molecule has 0 spiro atoms. The highest BCUT2D eigenvalue weighted by Gasteiger charge is 2.11. The van der Waals surface area contributed by atoms with Crippen LogP contribution >= 0.6 is 0 Å². The fourth-order valence-electron chi connectivity index (χ4n) is 0.889. The molecule has 1 heterocycles. The quantitative estimate of drug-likeness (QED) is 0.404. The second-order valence-corrected chi connectivity index (χ2v) is 2.50. The maximum Gasteiger partial charge on any atom is 0.292 e. The van der Waals surface area contributed by atoms with E-state index in [1.54, 1.807) is 25.3 Å². The Kier molecular flexibility index (Phi) is 2.94. The van der Waals surface area contributed by atoms with E-state index in [-0.39, 0.29) is 0 Å². The highest BCUT2D eigenvalue weighted by molar-refractivity contribution is 5.93. The molecule has 70 valence electrons. The van der Waals surface area contributed by atoms with E-state index in [2.05, 4.69) is 9.82 Å². The van der Waals surface area contributed by atoms with Crippen LogP contribution in [0.2, 0.25) is 0 Å². The summed E-state index contributed by atoms with van der Waals surface area (Å²) in [6.45, 7) is 1.80. The summed E-state index contributed by atoms with van der Waals surface area (Å²) < 4.78 is 0. The fourth-order valence-corrected chi connectivity index (χ4v) is 0.889. The number of hydroxylamine groups is 1. The highest BCUT2D eigenvalue weighted by Crippen LogP contribution is 2.02. The van der Waals surface area contributed by atoms with Gasteiger partial charge in [-0.25, -0.2) is 5.84 Å². The minimum absolute atomic E-state index is 0.395. The standard InChI is InChI=1S/C8H11N3O2/c1-6-5-7(3-4-10-6)8(12)11(9)13-2/h3-5H,9H2,1-2H3. The number of hydrogen-bond acceptors (Lipinski definition) is 4. The average molecular weight is 181 g/mol. The molecule has 0 saturated heterocycles. The smallest absolute Gasteiger partial charge is 0.265 e. The minimum atomic E-state index is -0.395. The van der Waals surface area contributed by atoms with Gasteiger partial charge in [-0.1, -0.05) is 0 Å². The van der Waals surface area contributed by atoms with Crippen LogP contribution in [0.15, 0.2) is 18.3 Å². The van der Waals surface area contributed by atoms with Crippen molar-refractivity contribution in [2.75, 3.05) is 7.11 Å². The van der Waals surface area contributed by atoms with Crippen LogP contribution in [0.5, 0.6) is 0 Å². The summed E-state index contributed by atoms with van der Waals surface area (Å²) in [7, 11) is 1.33. The predicted molar refractivity (Wildman–Crippen MR) is 46.3 cm³/mol. The average Bonchev–Trinajstić information content (AvgIpc) is 2.15. The number of pyridine rings is 1. The zero-order valence-corrected chi connectivity index (χ0v) is 7.52. The number of aromatic nitrogens is 1. The van der Waals surface area contributed by atoms with Gasteiger partial charge >= 0.3 is 0 Å². The van der Waals surface area contributed by atoms with Gasteiger partial charge in [-0.15, -0.1) is 5.17 Å². The van der Waals surface area contributed by atoms with Gasteiger partial charge in [0.1, 0.15) is 0 Å². The molecule has 0 saturated carbocycles. The number of nitrogens with zero attached hydrogens (tertiary/aromatic N) is 2. The maximum absolute atomic E-state index is 11.4. The Balaban J connectivity index is 2.89. The molecule has 1 aromatic heterocycles. The topological polar surface area (TPSA) is 68.5 Å². The van der Waals surface area contributed by atoms with Crippen molar-refractivity contribution in [1.82, 2.24) is 10.2 Å². The molecule has 0 aliphatic heterocycles. The number of carbonyl (C=O) groups excluding carboxylic acids is 1. The third-order valence-corrected chi connectivity index (χ3v) is 1.54. The summed E-state index contributed by atoms with van der Waals surface area (Å²) in [6, 6.07) is 3.22. The molecular formula is C8H11N3O2. The predicted octanol–water partition coefficient (Wildman–Crippen LogP) is 0.267. The fraction of sp³-hybridized carbons (Fsp3) is 0.250. The van der Waals surface area contributed by atoms with Crippen molar-refractivity contribution in [2.24, 2.45) is 5.84 Å². The van der Waals surface area contributed by atoms with E-state index < -0.39 is 5.91 Å². The van der Waals surface area contributed by atoms with Gasteiger partial charge in [-0.3, -0.25) is 14.6 Å². The van der Waals surface area contributed by atoms with Crippen molar-refractivity contribution in [3.05, 3.63) is 29.6 Å². The SMILES string of the molecule is CON(N)C(=O)c1ccnc(C)c1. The van der Waals surface area contributed by atoms with Crippen LogP contribution in [0.1, 0.15) is 16.1 Å². The summed E-state index contributed by atoms with van der Waals surface area (Å²) in [5, 5.41) is 0.675. The molecular weight excluding hydrogens is 170 g/mol. The first kappa shape index (κ1) is 9.63. The molecule has 0 aliphatic carbocycles. The number of hydrazine groups is 1. The molecule has 1 rings (SSSR count). The van der Waals surface area contributed by atoms with Crippen LogP contribution in [0, 0.1) is 6.92 Å². The third-order valence-electron chi connectivity index (χ3n) is 1.54. The monoisotopic (exact) mass is 181 g/mol. The Morgan fingerprint density at radius 1 is 1.69 bits per heavy atom. The number of rotatable bonds is 2. The van der Waals surface area contributed by atoms with Gasteiger partial charge in [0.25, 0.3) is 5.91 Å². The van der Waals surface area contributed by atoms with Gasteiger partial charge in [-0.2, -0.15) is 0 Å². The first-order valence-electron chi connectivity index (χ1n) is 3.71. The van der Waals surface area contributed by atoms with E-state index in [1.807, 2.05) is 0 Å². The van der Waals surface area contributed by atoms with E-state index in [0.29, 0.717) is 10.7 Å². The van der Waals surface area contributed by atoms with E-state index in [1.165, 1.54) is 7.11 Å². The lowest BCUT2D eigenvalue weighted by molar-refractivity contribution is -0.0969. The Hall–Kier alpha value is -1.46. The van der Waals surface area contributed by atoms with Crippen LogP contribution in [0.4, 0.5) is 0 Å². The molecule has 5 nitrogen and oxygen atoms in total. The van der Waals surface area contributed by atoms with E-state index in [9.17, 15) is 4.79 Å². The first-order chi connectivity index (χ1) is 6.15. The molecule has 0 unspecified atom stereocenters. The van der Waals surface area contributed by atoms with Crippen molar-refractivity contribution < 1.29 is 9.63 Å². The summed E-state index contributed by atoms with van der Waals surface area (Å²) in [6.07, 6.45) is 1.55. The van der Waals surface area contributed by atoms with Crippen LogP contribution in [0.25, 0.3) is 0 Å². The Morgan fingerprint density at radius 3 is 2.92 bits per heavy atom.